The van der Waals surface area contributed by atoms with E-state index in [1.807, 2.05) is 97.1 Å². The Bertz CT molecular complexity index is 1330. The molecule has 3 aromatic rings. The zero-order valence-electron chi connectivity index (χ0n) is 24.8. The first-order chi connectivity index (χ1) is 21.9. The summed E-state index contributed by atoms with van der Waals surface area (Å²) in [6, 6.07) is 29.4. The van der Waals surface area contributed by atoms with E-state index < -0.39 is 45.4 Å². The Morgan fingerprint density at radius 1 is 0.778 bits per heavy atom. The summed E-state index contributed by atoms with van der Waals surface area (Å²) >= 11 is 0. The SMILES string of the molecule is N#CCCOP(=O)(OCCNC(=O)OCc1ccccc1)OC[C@H](OCc1ccccc1)[C@H](O)[C@@H](CO)OCc1ccccc1. The molecule has 0 bridgehead atoms. The molecule has 12 nitrogen and oxygen atoms in total. The first kappa shape index (κ1) is 35.8. The van der Waals surface area contributed by atoms with Crippen molar-refractivity contribution >= 4 is 13.9 Å². The van der Waals surface area contributed by atoms with E-state index in [1.165, 1.54) is 0 Å². The molecule has 0 radical (unpaired) electrons. The first-order valence-corrected chi connectivity index (χ1v) is 15.8. The first-order valence-electron chi connectivity index (χ1n) is 14.4. The van der Waals surface area contributed by atoms with Gasteiger partial charge in [0.05, 0.1) is 52.1 Å². The van der Waals surface area contributed by atoms with Crippen LogP contribution in [0.1, 0.15) is 23.1 Å². The van der Waals surface area contributed by atoms with Crippen molar-refractivity contribution in [1.82, 2.24) is 5.32 Å². The van der Waals surface area contributed by atoms with Crippen molar-refractivity contribution in [3.05, 3.63) is 108 Å². The molecule has 242 valence electrons. The molecule has 0 aromatic heterocycles. The maximum Gasteiger partial charge on any atom is 0.474 e. The summed E-state index contributed by atoms with van der Waals surface area (Å²) in [6.07, 6.45) is -4.40. The van der Waals surface area contributed by atoms with Crippen molar-refractivity contribution in [3.63, 3.8) is 0 Å². The summed E-state index contributed by atoms with van der Waals surface area (Å²) in [7, 11) is -4.30. The molecule has 0 aliphatic carbocycles. The molecule has 13 heteroatoms. The average molecular weight is 643 g/mol. The predicted molar refractivity (Wildman–Crippen MR) is 163 cm³/mol. The normalized spacial score (nSPS) is 14.4. The van der Waals surface area contributed by atoms with Crippen LogP contribution in [0.5, 0.6) is 0 Å². The number of amides is 1. The van der Waals surface area contributed by atoms with Gasteiger partial charge in [0.1, 0.15) is 24.9 Å². The lowest BCUT2D eigenvalue weighted by Gasteiger charge is -2.30. The topological polar surface area (TPSA) is 166 Å². The fourth-order valence-electron chi connectivity index (χ4n) is 3.86. The number of alkyl carbamates (subject to hydrolysis) is 1. The third-order valence-electron chi connectivity index (χ3n) is 6.25. The van der Waals surface area contributed by atoms with Gasteiger partial charge in [0.2, 0.25) is 0 Å². The summed E-state index contributed by atoms with van der Waals surface area (Å²) in [5, 5.41) is 32.6. The van der Waals surface area contributed by atoms with Gasteiger partial charge in [0, 0.05) is 6.54 Å². The van der Waals surface area contributed by atoms with Crippen molar-refractivity contribution < 1.29 is 47.4 Å². The van der Waals surface area contributed by atoms with Gasteiger partial charge in [-0.15, -0.1) is 0 Å². The van der Waals surface area contributed by atoms with Crippen LogP contribution in [0.3, 0.4) is 0 Å². The molecule has 1 unspecified atom stereocenters. The molecular formula is C32H39N2O10P. The van der Waals surface area contributed by atoms with Crippen LogP contribution < -0.4 is 5.32 Å². The Morgan fingerprint density at radius 3 is 1.82 bits per heavy atom. The number of nitrogens with zero attached hydrogens (tertiary/aromatic N) is 1. The van der Waals surface area contributed by atoms with E-state index in [4.69, 9.17) is 33.0 Å². The molecule has 0 aliphatic rings. The Labute approximate surface area is 263 Å². The quantitative estimate of drug-likeness (QED) is 0.111. The smallest absolute Gasteiger partial charge is 0.445 e. The fourth-order valence-corrected chi connectivity index (χ4v) is 5.05. The van der Waals surface area contributed by atoms with Crippen LogP contribution in [0.4, 0.5) is 4.79 Å². The predicted octanol–water partition coefficient (Wildman–Crippen LogP) is 4.51. The van der Waals surface area contributed by atoms with Crippen LogP contribution in [0.25, 0.3) is 0 Å². The molecule has 3 N–H and O–H groups in total. The van der Waals surface area contributed by atoms with Crippen LogP contribution in [-0.4, -0.2) is 67.6 Å². The number of phosphoric ester groups is 1. The molecule has 3 aromatic carbocycles. The van der Waals surface area contributed by atoms with E-state index in [2.05, 4.69) is 5.32 Å². The maximum atomic E-state index is 13.5. The Hall–Kier alpha value is -3.63. The van der Waals surface area contributed by atoms with Crippen molar-refractivity contribution in [2.75, 3.05) is 33.0 Å². The van der Waals surface area contributed by atoms with Gasteiger partial charge in [-0.25, -0.2) is 9.36 Å². The zero-order chi connectivity index (χ0) is 32.2. The molecule has 0 heterocycles. The van der Waals surface area contributed by atoms with E-state index in [-0.39, 0.29) is 46.0 Å². The highest BCUT2D eigenvalue weighted by Gasteiger charge is 2.34. The lowest BCUT2D eigenvalue weighted by molar-refractivity contribution is -0.142. The molecule has 0 aliphatic heterocycles. The van der Waals surface area contributed by atoms with E-state index in [0.29, 0.717) is 0 Å². The number of phosphoric acid groups is 1. The third kappa shape index (κ3) is 13.9. The summed E-state index contributed by atoms with van der Waals surface area (Å²) in [6.45, 7) is -1.36. The van der Waals surface area contributed by atoms with Gasteiger partial charge in [-0.1, -0.05) is 91.0 Å². The van der Waals surface area contributed by atoms with Crippen molar-refractivity contribution in [3.8, 4) is 6.07 Å². The van der Waals surface area contributed by atoms with Gasteiger partial charge in [-0.3, -0.25) is 13.6 Å². The second kappa shape index (κ2) is 20.4. The van der Waals surface area contributed by atoms with Crippen LogP contribution >= 0.6 is 7.82 Å². The number of ether oxygens (including phenoxy) is 3. The number of carbonyl (C=O) groups excluding carboxylic acids is 1. The van der Waals surface area contributed by atoms with Crippen LogP contribution in [0.2, 0.25) is 0 Å². The van der Waals surface area contributed by atoms with E-state index >= 15 is 0 Å². The molecule has 1 amide bonds. The Kier molecular flexibility index (Phi) is 16.3. The number of carbonyl (C=O) groups is 1. The summed E-state index contributed by atoms with van der Waals surface area (Å²) < 4.78 is 46.6. The minimum atomic E-state index is -4.30. The second-order valence-electron chi connectivity index (χ2n) is 9.65. The number of nitriles is 1. The molecule has 45 heavy (non-hydrogen) atoms. The minimum absolute atomic E-state index is 0.0677. The highest BCUT2D eigenvalue weighted by Crippen LogP contribution is 2.49. The van der Waals surface area contributed by atoms with E-state index in [1.54, 1.807) is 0 Å². The monoisotopic (exact) mass is 642 g/mol. The summed E-state index contributed by atoms with van der Waals surface area (Å²) in [4.78, 5) is 12.0. The largest absolute Gasteiger partial charge is 0.474 e. The Morgan fingerprint density at radius 2 is 1.29 bits per heavy atom. The molecular weight excluding hydrogens is 603 g/mol. The number of nitrogens with one attached hydrogen (secondary N) is 1. The van der Waals surface area contributed by atoms with Crippen LogP contribution in [-0.2, 0) is 52.2 Å². The van der Waals surface area contributed by atoms with Gasteiger partial charge < -0.3 is 29.7 Å². The van der Waals surface area contributed by atoms with E-state index in [9.17, 15) is 19.6 Å². The van der Waals surface area contributed by atoms with Gasteiger partial charge in [0.15, 0.2) is 0 Å². The average Bonchev–Trinajstić information content (AvgIpc) is 3.07. The number of hydrogen-bond acceptors (Lipinski definition) is 11. The van der Waals surface area contributed by atoms with Crippen LogP contribution in [0, 0.1) is 11.3 Å². The Balaban J connectivity index is 1.60. The molecule has 0 spiro atoms. The third-order valence-corrected chi connectivity index (χ3v) is 7.71. The molecule has 3 rings (SSSR count). The summed E-state index contributed by atoms with van der Waals surface area (Å²) in [5.74, 6) is 0. The standard InChI is InChI=1S/C32H39N2O10P/c33-17-10-19-42-45(38,43-20-18-34-32(37)41-24-28-15-8-3-9-16-28)44-25-30(40-23-27-13-6-2-7-14-27)31(36)29(21-35)39-22-26-11-4-1-5-12-26/h1-9,11-16,29-31,35-36H,10,18-25H2,(H,34,37)/t29-,30+,31-,45?/m1/s1. The number of aliphatic hydroxyl groups is 2. The number of benzene rings is 3. The van der Waals surface area contributed by atoms with Crippen molar-refractivity contribution in [2.45, 2.75) is 44.6 Å². The highest BCUT2D eigenvalue weighted by molar-refractivity contribution is 7.48. The van der Waals surface area contributed by atoms with Crippen LogP contribution in [0.15, 0.2) is 91.0 Å². The number of rotatable bonds is 21. The lowest BCUT2D eigenvalue weighted by Crippen LogP contribution is -2.44. The van der Waals surface area contributed by atoms with Gasteiger partial charge in [-0.05, 0) is 16.7 Å². The molecule has 4 atom stereocenters. The highest BCUT2D eigenvalue weighted by atomic mass is 31.2. The van der Waals surface area contributed by atoms with Gasteiger partial charge in [0.25, 0.3) is 0 Å². The van der Waals surface area contributed by atoms with Crippen molar-refractivity contribution in [1.29, 1.82) is 5.26 Å². The molecule has 0 fully saturated rings. The molecule has 0 saturated heterocycles. The molecule has 0 saturated carbocycles. The number of aliphatic hydroxyl groups excluding tert-OH is 2. The zero-order valence-corrected chi connectivity index (χ0v) is 25.7. The second-order valence-corrected chi connectivity index (χ2v) is 11.3. The van der Waals surface area contributed by atoms with Crippen molar-refractivity contribution in [2.24, 2.45) is 0 Å². The summed E-state index contributed by atoms with van der Waals surface area (Å²) in [5.41, 5.74) is 2.45. The van der Waals surface area contributed by atoms with Gasteiger partial charge >= 0.3 is 13.9 Å². The lowest BCUT2D eigenvalue weighted by atomic mass is 10.1. The number of hydrogen-bond donors (Lipinski definition) is 3. The fraction of sp³-hybridized carbons (Fsp3) is 0.375. The maximum absolute atomic E-state index is 13.5. The van der Waals surface area contributed by atoms with E-state index in [0.717, 1.165) is 16.7 Å². The minimum Gasteiger partial charge on any atom is -0.445 e. The van der Waals surface area contributed by atoms with Gasteiger partial charge in [-0.2, -0.15) is 5.26 Å².